The summed E-state index contributed by atoms with van der Waals surface area (Å²) in [5.74, 6) is -0.330. The summed E-state index contributed by atoms with van der Waals surface area (Å²) in [5.41, 5.74) is 1.98. The van der Waals surface area contributed by atoms with Crippen molar-refractivity contribution in [3.63, 3.8) is 0 Å². The standard InChI is InChI=1S/C17H16ClNO4/c1-10-8-11(2)19-16(18)15(10)17(21)23-9-14(20)12-4-6-13(22-3)7-5-12/h4-8H,9H2,1-3H3. The molecule has 0 aliphatic heterocycles. The van der Waals surface area contributed by atoms with Crippen LogP contribution in [0.3, 0.4) is 0 Å². The molecule has 0 unspecified atom stereocenters. The number of aromatic nitrogens is 1. The van der Waals surface area contributed by atoms with Gasteiger partial charge >= 0.3 is 5.97 Å². The number of ether oxygens (including phenoxy) is 2. The Morgan fingerprint density at radius 1 is 1.17 bits per heavy atom. The van der Waals surface area contributed by atoms with Gasteiger partial charge in [-0.2, -0.15) is 0 Å². The van der Waals surface area contributed by atoms with Crippen molar-refractivity contribution < 1.29 is 19.1 Å². The highest BCUT2D eigenvalue weighted by Crippen LogP contribution is 2.20. The Balaban J connectivity index is 2.05. The molecule has 2 aromatic rings. The molecule has 0 bridgehead atoms. The molecule has 23 heavy (non-hydrogen) atoms. The van der Waals surface area contributed by atoms with E-state index in [-0.39, 0.29) is 23.1 Å². The molecular weight excluding hydrogens is 318 g/mol. The number of methoxy groups -OCH3 is 1. The average molecular weight is 334 g/mol. The maximum atomic E-state index is 12.1. The van der Waals surface area contributed by atoms with Crippen LogP contribution in [0.5, 0.6) is 5.75 Å². The average Bonchev–Trinajstić information content (AvgIpc) is 2.51. The van der Waals surface area contributed by atoms with E-state index in [1.54, 1.807) is 51.3 Å². The van der Waals surface area contributed by atoms with Crippen molar-refractivity contribution >= 4 is 23.4 Å². The van der Waals surface area contributed by atoms with Gasteiger partial charge in [0, 0.05) is 11.3 Å². The van der Waals surface area contributed by atoms with E-state index in [2.05, 4.69) is 4.98 Å². The third kappa shape index (κ3) is 4.07. The zero-order valence-corrected chi connectivity index (χ0v) is 13.8. The highest BCUT2D eigenvalue weighted by molar-refractivity contribution is 6.32. The second kappa shape index (κ2) is 7.24. The van der Waals surface area contributed by atoms with Crippen LogP contribution < -0.4 is 4.74 Å². The van der Waals surface area contributed by atoms with Crippen molar-refractivity contribution in [2.75, 3.05) is 13.7 Å². The van der Waals surface area contributed by atoms with Gasteiger partial charge in [0.15, 0.2) is 12.4 Å². The zero-order valence-electron chi connectivity index (χ0n) is 13.1. The number of aryl methyl sites for hydroxylation is 2. The number of nitrogens with zero attached hydrogens (tertiary/aromatic N) is 1. The van der Waals surface area contributed by atoms with Gasteiger partial charge in [0.2, 0.25) is 0 Å². The summed E-state index contributed by atoms with van der Waals surface area (Å²) >= 11 is 5.98. The van der Waals surface area contributed by atoms with E-state index in [1.807, 2.05) is 0 Å². The van der Waals surface area contributed by atoms with Crippen LogP contribution in [-0.4, -0.2) is 30.5 Å². The van der Waals surface area contributed by atoms with E-state index in [1.165, 1.54) is 0 Å². The first kappa shape index (κ1) is 17.0. The number of hydrogen-bond acceptors (Lipinski definition) is 5. The van der Waals surface area contributed by atoms with Crippen LogP contribution in [0.2, 0.25) is 5.15 Å². The molecule has 0 saturated heterocycles. The second-order valence-electron chi connectivity index (χ2n) is 4.97. The summed E-state index contributed by atoms with van der Waals surface area (Å²) in [7, 11) is 1.54. The summed E-state index contributed by atoms with van der Waals surface area (Å²) in [6.07, 6.45) is 0. The maximum absolute atomic E-state index is 12.1. The van der Waals surface area contributed by atoms with Crippen molar-refractivity contribution in [1.29, 1.82) is 0 Å². The fourth-order valence-electron chi connectivity index (χ4n) is 2.10. The molecule has 0 atom stereocenters. The molecule has 0 N–H and O–H groups in total. The minimum Gasteiger partial charge on any atom is -0.497 e. The van der Waals surface area contributed by atoms with Crippen LogP contribution in [0.15, 0.2) is 30.3 Å². The summed E-state index contributed by atoms with van der Waals surface area (Å²) in [4.78, 5) is 28.2. The lowest BCUT2D eigenvalue weighted by molar-refractivity contribution is 0.0473. The number of carbonyl (C=O) groups excluding carboxylic acids is 2. The fourth-order valence-corrected chi connectivity index (χ4v) is 2.46. The Labute approximate surface area is 139 Å². The Morgan fingerprint density at radius 2 is 1.83 bits per heavy atom. The van der Waals surface area contributed by atoms with E-state index in [4.69, 9.17) is 21.1 Å². The molecule has 0 amide bonds. The van der Waals surface area contributed by atoms with E-state index < -0.39 is 5.97 Å². The number of rotatable bonds is 5. The van der Waals surface area contributed by atoms with E-state index >= 15 is 0 Å². The third-order valence-electron chi connectivity index (χ3n) is 3.25. The Hall–Kier alpha value is -2.40. The van der Waals surface area contributed by atoms with Gasteiger partial charge in [0.05, 0.1) is 12.7 Å². The molecule has 1 aromatic carbocycles. The highest BCUT2D eigenvalue weighted by Gasteiger charge is 2.18. The lowest BCUT2D eigenvalue weighted by Crippen LogP contribution is -2.16. The minimum atomic E-state index is -0.665. The van der Waals surface area contributed by atoms with Crippen LogP contribution in [0, 0.1) is 13.8 Å². The van der Waals surface area contributed by atoms with Crippen LogP contribution in [-0.2, 0) is 4.74 Å². The topological polar surface area (TPSA) is 65.5 Å². The number of halogens is 1. The van der Waals surface area contributed by atoms with E-state index in [9.17, 15) is 9.59 Å². The van der Waals surface area contributed by atoms with E-state index in [0.29, 0.717) is 22.6 Å². The van der Waals surface area contributed by atoms with Crippen molar-refractivity contribution in [3.05, 3.63) is 57.9 Å². The number of hydrogen-bond donors (Lipinski definition) is 0. The van der Waals surface area contributed by atoms with Crippen LogP contribution >= 0.6 is 11.6 Å². The van der Waals surface area contributed by atoms with Crippen molar-refractivity contribution in [2.45, 2.75) is 13.8 Å². The van der Waals surface area contributed by atoms with Gasteiger partial charge in [-0.1, -0.05) is 11.6 Å². The van der Waals surface area contributed by atoms with E-state index in [0.717, 1.165) is 0 Å². The maximum Gasteiger partial charge on any atom is 0.342 e. The smallest absolute Gasteiger partial charge is 0.342 e. The lowest BCUT2D eigenvalue weighted by Gasteiger charge is -2.09. The molecular formula is C17H16ClNO4. The van der Waals surface area contributed by atoms with Crippen LogP contribution in [0.25, 0.3) is 0 Å². The number of ketones is 1. The Bertz CT molecular complexity index is 718. The minimum absolute atomic E-state index is 0.0735. The third-order valence-corrected chi connectivity index (χ3v) is 3.52. The van der Waals surface area contributed by atoms with Crippen molar-refractivity contribution in [2.24, 2.45) is 0 Å². The fraction of sp³-hybridized carbons (Fsp3) is 0.235. The predicted octanol–water partition coefficient (Wildman–Crippen LogP) is 3.40. The summed E-state index contributed by atoms with van der Waals surface area (Å²) < 4.78 is 10.1. The number of pyridine rings is 1. The summed E-state index contributed by atoms with van der Waals surface area (Å²) in [6, 6.07) is 8.29. The molecule has 1 heterocycles. The van der Waals surface area contributed by atoms with Gasteiger partial charge in [-0.3, -0.25) is 4.79 Å². The highest BCUT2D eigenvalue weighted by atomic mass is 35.5. The molecule has 1 aromatic heterocycles. The molecule has 0 spiro atoms. The Morgan fingerprint density at radius 3 is 2.39 bits per heavy atom. The molecule has 0 saturated carbocycles. The van der Waals surface area contributed by atoms with Gasteiger partial charge < -0.3 is 9.47 Å². The number of benzene rings is 1. The molecule has 0 radical (unpaired) electrons. The normalized spacial score (nSPS) is 10.3. The molecule has 0 aliphatic carbocycles. The lowest BCUT2D eigenvalue weighted by atomic mass is 10.1. The van der Waals surface area contributed by atoms with Crippen molar-refractivity contribution in [3.8, 4) is 5.75 Å². The predicted molar refractivity (Wildman–Crippen MR) is 86.3 cm³/mol. The first-order valence-electron chi connectivity index (χ1n) is 6.90. The number of carbonyl (C=O) groups is 2. The van der Waals surface area contributed by atoms with Crippen LogP contribution in [0.1, 0.15) is 32.0 Å². The molecule has 6 heteroatoms. The van der Waals surface area contributed by atoms with Gasteiger partial charge in [0.1, 0.15) is 10.9 Å². The van der Waals surface area contributed by atoms with Gasteiger partial charge in [-0.05, 0) is 49.7 Å². The van der Waals surface area contributed by atoms with Crippen molar-refractivity contribution in [1.82, 2.24) is 4.98 Å². The number of esters is 1. The first-order chi connectivity index (χ1) is 10.9. The molecule has 2 rings (SSSR count). The quantitative estimate of drug-likeness (QED) is 0.476. The molecule has 0 fully saturated rings. The Kier molecular flexibility index (Phi) is 5.34. The largest absolute Gasteiger partial charge is 0.497 e. The summed E-state index contributed by atoms with van der Waals surface area (Å²) in [6.45, 7) is 3.15. The molecule has 120 valence electrons. The molecule has 5 nitrogen and oxygen atoms in total. The number of Topliss-reactive ketones (excluding diaryl/α,β-unsaturated/α-hetero) is 1. The van der Waals surface area contributed by atoms with Gasteiger partial charge in [0.25, 0.3) is 0 Å². The summed E-state index contributed by atoms with van der Waals surface area (Å²) in [5, 5.41) is 0.0735. The molecule has 0 aliphatic rings. The van der Waals surface area contributed by atoms with Crippen LogP contribution in [0.4, 0.5) is 0 Å². The monoisotopic (exact) mass is 333 g/mol. The van der Waals surface area contributed by atoms with Gasteiger partial charge in [-0.15, -0.1) is 0 Å². The zero-order chi connectivity index (χ0) is 17.0. The first-order valence-corrected chi connectivity index (χ1v) is 7.28. The second-order valence-corrected chi connectivity index (χ2v) is 5.33. The SMILES string of the molecule is COc1ccc(C(=O)COC(=O)c2c(C)cc(C)nc2Cl)cc1. The van der Waals surface area contributed by atoms with Gasteiger partial charge in [-0.25, -0.2) is 9.78 Å².